The van der Waals surface area contributed by atoms with Gasteiger partial charge in [0.05, 0.1) is 6.10 Å². The second-order valence-corrected chi connectivity index (χ2v) is 3.42. The second kappa shape index (κ2) is 4.71. The van der Waals surface area contributed by atoms with E-state index in [2.05, 4.69) is 4.74 Å². The van der Waals surface area contributed by atoms with Gasteiger partial charge in [0.2, 0.25) is 0 Å². The topological polar surface area (TPSA) is 55.5 Å². The number of rotatable bonds is 3. The van der Waals surface area contributed by atoms with Crippen LogP contribution in [0.4, 0.5) is 13.2 Å². The van der Waals surface area contributed by atoms with Gasteiger partial charge in [-0.1, -0.05) is 12.1 Å². The second-order valence-electron chi connectivity index (χ2n) is 3.42. The summed E-state index contributed by atoms with van der Waals surface area (Å²) in [4.78, 5) is 0. The maximum atomic E-state index is 11.8. The Kier molecular flexibility index (Phi) is 3.77. The Morgan fingerprint density at radius 3 is 2.12 bits per heavy atom. The number of aliphatic hydroxyl groups is 1. The van der Waals surface area contributed by atoms with E-state index >= 15 is 0 Å². The SMILES string of the molecule is C[C@@H](N)[C@@H](O)c1ccc(OC(F)(F)F)cc1. The van der Waals surface area contributed by atoms with Crippen molar-refractivity contribution in [2.24, 2.45) is 5.73 Å². The van der Waals surface area contributed by atoms with Gasteiger partial charge in [0.1, 0.15) is 5.75 Å². The van der Waals surface area contributed by atoms with Crippen LogP contribution in [-0.2, 0) is 0 Å². The Morgan fingerprint density at radius 1 is 1.25 bits per heavy atom. The maximum absolute atomic E-state index is 11.8. The van der Waals surface area contributed by atoms with Gasteiger partial charge in [-0.05, 0) is 24.6 Å². The normalized spacial score (nSPS) is 15.6. The van der Waals surface area contributed by atoms with E-state index in [1.165, 1.54) is 12.1 Å². The van der Waals surface area contributed by atoms with Crippen molar-refractivity contribution in [3.05, 3.63) is 29.8 Å². The molecule has 16 heavy (non-hydrogen) atoms. The van der Waals surface area contributed by atoms with Crippen LogP contribution in [0, 0.1) is 0 Å². The third-order valence-electron chi connectivity index (χ3n) is 1.95. The summed E-state index contributed by atoms with van der Waals surface area (Å²) in [5.74, 6) is -0.326. The summed E-state index contributed by atoms with van der Waals surface area (Å²) in [6, 6.07) is 4.46. The molecule has 0 aliphatic heterocycles. The van der Waals surface area contributed by atoms with Crippen molar-refractivity contribution in [3.8, 4) is 5.75 Å². The summed E-state index contributed by atoms with van der Waals surface area (Å²) in [5.41, 5.74) is 5.90. The highest BCUT2D eigenvalue weighted by Crippen LogP contribution is 2.24. The minimum absolute atomic E-state index is 0.326. The van der Waals surface area contributed by atoms with Gasteiger partial charge >= 0.3 is 6.36 Å². The number of benzene rings is 1. The van der Waals surface area contributed by atoms with Gasteiger partial charge < -0.3 is 15.6 Å². The molecule has 0 saturated carbocycles. The lowest BCUT2D eigenvalue weighted by Crippen LogP contribution is -2.24. The molecule has 0 aromatic heterocycles. The average Bonchev–Trinajstić information content (AvgIpc) is 2.15. The zero-order valence-electron chi connectivity index (χ0n) is 8.53. The van der Waals surface area contributed by atoms with Crippen LogP contribution in [0.5, 0.6) is 5.75 Å². The molecular weight excluding hydrogens is 223 g/mol. The fourth-order valence-electron chi connectivity index (χ4n) is 1.17. The monoisotopic (exact) mass is 235 g/mol. The quantitative estimate of drug-likeness (QED) is 0.842. The van der Waals surface area contributed by atoms with Crippen LogP contribution in [0.1, 0.15) is 18.6 Å². The van der Waals surface area contributed by atoms with Crippen LogP contribution in [0.2, 0.25) is 0 Å². The van der Waals surface area contributed by atoms with Crippen LogP contribution in [0.15, 0.2) is 24.3 Å². The summed E-state index contributed by atoms with van der Waals surface area (Å²) >= 11 is 0. The summed E-state index contributed by atoms with van der Waals surface area (Å²) in [6.45, 7) is 1.60. The summed E-state index contributed by atoms with van der Waals surface area (Å²) < 4.78 is 39.2. The maximum Gasteiger partial charge on any atom is 0.573 e. The third-order valence-corrected chi connectivity index (χ3v) is 1.95. The molecule has 0 aliphatic carbocycles. The molecule has 0 fully saturated rings. The molecule has 0 spiro atoms. The lowest BCUT2D eigenvalue weighted by Gasteiger charge is -2.15. The van der Waals surface area contributed by atoms with Crippen molar-refractivity contribution in [2.45, 2.75) is 25.4 Å². The summed E-state index contributed by atoms with van der Waals surface area (Å²) in [6.07, 6.45) is -5.61. The van der Waals surface area contributed by atoms with Gasteiger partial charge in [-0.2, -0.15) is 0 Å². The van der Waals surface area contributed by atoms with Gasteiger partial charge in [-0.15, -0.1) is 13.2 Å². The van der Waals surface area contributed by atoms with Gasteiger partial charge in [0.25, 0.3) is 0 Å². The summed E-state index contributed by atoms with van der Waals surface area (Å²) in [5, 5.41) is 9.53. The van der Waals surface area contributed by atoms with E-state index in [1.54, 1.807) is 6.92 Å². The van der Waals surface area contributed by atoms with Crippen LogP contribution < -0.4 is 10.5 Å². The Hall–Kier alpha value is -1.27. The molecule has 1 aromatic carbocycles. The first kappa shape index (κ1) is 12.8. The highest BCUT2D eigenvalue weighted by atomic mass is 19.4. The van der Waals surface area contributed by atoms with Crippen molar-refractivity contribution in [1.29, 1.82) is 0 Å². The molecule has 6 heteroatoms. The van der Waals surface area contributed by atoms with Crippen molar-refractivity contribution >= 4 is 0 Å². The van der Waals surface area contributed by atoms with Crippen molar-refractivity contribution < 1.29 is 23.0 Å². The Bertz CT molecular complexity index is 335. The lowest BCUT2D eigenvalue weighted by molar-refractivity contribution is -0.274. The number of aliphatic hydroxyl groups excluding tert-OH is 1. The van der Waals surface area contributed by atoms with E-state index < -0.39 is 18.5 Å². The molecular formula is C10H12F3NO2. The van der Waals surface area contributed by atoms with E-state index in [4.69, 9.17) is 5.73 Å². The lowest BCUT2D eigenvalue weighted by atomic mass is 10.0. The zero-order valence-corrected chi connectivity index (χ0v) is 8.53. The summed E-state index contributed by atoms with van der Waals surface area (Å²) in [7, 11) is 0. The molecule has 3 nitrogen and oxygen atoms in total. The molecule has 1 rings (SSSR count). The van der Waals surface area contributed by atoms with E-state index in [9.17, 15) is 18.3 Å². The first-order valence-electron chi connectivity index (χ1n) is 4.59. The molecule has 0 saturated heterocycles. The van der Waals surface area contributed by atoms with Crippen molar-refractivity contribution in [1.82, 2.24) is 0 Å². The van der Waals surface area contributed by atoms with Crippen LogP contribution >= 0.6 is 0 Å². The Labute approximate surface area is 90.6 Å². The smallest absolute Gasteiger partial charge is 0.406 e. The third kappa shape index (κ3) is 3.71. The molecule has 0 amide bonds. The molecule has 0 aliphatic rings. The molecule has 2 atom stereocenters. The van der Waals surface area contributed by atoms with Gasteiger partial charge in [-0.25, -0.2) is 0 Å². The van der Waals surface area contributed by atoms with E-state index in [0.717, 1.165) is 12.1 Å². The number of halogens is 3. The fraction of sp³-hybridized carbons (Fsp3) is 0.400. The first-order valence-corrected chi connectivity index (χ1v) is 4.59. The molecule has 0 heterocycles. The number of alkyl halides is 3. The first-order chi connectivity index (χ1) is 7.29. The number of nitrogens with two attached hydrogens (primary N) is 1. The highest BCUT2D eigenvalue weighted by molar-refractivity contribution is 5.29. The standard InChI is InChI=1S/C10H12F3NO2/c1-6(14)9(15)7-2-4-8(5-3-7)16-10(11,12)13/h2-6,9,15H,14H2,1H3/t6-,9-/m1/s1. The van der Waals surface area contributed by atoms with Gasteiger partial charge in [-0.3, -0.25) is 0 Å². The molecule has 3 N–H and O–H groups in total. The Balaban J connectivity index is 2.76. The zero-order chi connectivity index (χ0) is 12.3. The molecule has 90 valence electrons. The van der Waals surface area contributed by atoms with E-state index in [0.29, 0.717) is 5.56 Å². The molecule has 0 bridgehead atoms. The van der Waals surface area contributed by atoms with Crippen LogP contribution in [0.25, 0.3) is 0 Å². The minimum Gasteiger partial charge on any atom is -0.406 e. The molecule has 0 radical (unpaired) electrons. The molecule has 0 unspecified atom stereocenters. The van der Waals surface area contributed by atoms with Crippen molar-refractivity contribution in [2.75, 3.05) is 0 Å². The van der Waals surface area contributed by atoms with Crippen molar-refractivity contribution in [3.63, 3.8) is 0 Å². The predicted molar refractivity (Wildman–Crippen MR) is 51.7 cm³/mol. The largest absolute Gasteiger partial charge is 0.573 e. The number of ether oxygens (including phenoxy) is 1. The molecule has 1 aromatic rings. The van der Waals surface area contributed by atoms with Crippen LogP contribution in [-0.4, -0.2) is 17.5 Å². The van der Waals surface area contributed by atoms with E-state index in [1.807, 2.05) is 0 Å². The van der Waals surface area contributed by atoms with Gasteiger partial charge in [0, 0.05) is 6.04 Å². The highest BCUT2D eigenvalue weighted by Gasteiger charge is 2.31. The van der Waals surface area contributed by atoms with Crippen LogP contribution in [0.3, 0.4) is 0 Å². The number of hydrogen-bond acceptors (Lipinski definition) is 3. The fourth-order valence-corrected chi connectivity index (χ4v) is 1.17. The van der Waals surface area contributed by atoms with Gasteiger partial charge in [0.15, 0.2) is 0 Å². The average molecular weight is 235 g/mol. The Morgan fingerprint density at radius 2 is 1.75 bits per heavy atom. The predicted octanol–water partition coefficient (Wildman–Crippen LogP) is 1.97. The minimum atomic E-state index is -4.71. The van der Waals surface area contributed by atoms with E-state index in [-0.39, 0.29) is 5.75 Å². The number of hydrogen-bond donors (Lipinski definition) is 2.